The Morgan fingerprint density at radius 1 is 1.25 bits per heavy atom. The highest BCUT2D eigenvalue weighted by atomic mass is 14.9. The van der Waals surface area contributed by atoms with Crippen LogP contribution in [0.15, 0.2) is 30.9 Å². The first-order valence-electron chi connectivity index (χ1n) is 6.21. The van der Waals surface area contributed by atoms with E-state index in [1.165, 1.54) is 24.8 Å². The fourth-order valence-electron chi connectivity index (χ4n) is 2.42. The van der Waals surface area contributed by atoms with Crippen LogP contribution in [-0.2, 0) is 12.8 Å². The molecule has 1 aliphatic rings. The number of fused-ring (bicyclic) bond motifs is 1. The van der Waals surface area contributed by atoms with E-state index in [4.69, 9.17) is 0 Å². The van der Waals surface area contributed by atoms with Gasteiger partial charge in [0.15, 0.2) is 0 Å². The van der Waals surface area contributed by atoms with Crippen molar-refractivity contribution in [2.45, 2.75) is 45.2 Å². The topological polar surface area (TPSA) is 12.0 Å². The maximum atomic E-state index is 3.80. The van der Waals surface area contributed by atoms with Crippen molar-refractivity contribution in [3.63, 3.8) is 0 Å². The Balaban J connectivity index is 2.11. The van der Waals surface area contributed by atoms with E-state index >= 15 is 0 Å². The second kappa shape index (κ2) is 4.84. The molecular weight excluding hydrogens is 194 g/mol. The van der Waals surface area contributed by atoms with Crippen molar-refractivity contribution >= 4 is 0 Å². The predicted octanol–water partition coefficient (Wildman–Crippen LogP) is 3.40. The minimum atomic E-state index is 0.364. The highest BCUT2D eigenvalue weighted by Gasteiger charge is 2.13. The number of benzene rings is 1. The van der Waals surface area contributed by atoms with Crippen LogP contribution in [-0.4, -0.2) is 6.04 Å². The summed E-state index contributed by atoms with van der Waals surface area (Å²) in [6.45, 7) is 8.16. The Labute approximate surface area is 98.6 Å². The molecule has 1 aliphatic carbocycles. The maximum Gasteiger partial charge on any atom is 0.0297 e. The Morgan fingerprint density at radius 2 is 2.00 bits per heavy atom. The molecule has 1 nitrogen and oxygen atoms in total. The fraction of sp³-hybridized carbons (Fsp3) is 0.467. The minimum absolute atomic E-state index is 0.364. The van der Waals surface area contributed by atoms with Gasteiger partial charge < -0.3 is 5.32 Å². The number of hydrogen-bond acceptors (Lipinski definition) is 1. The molecule has 86 valence electrons. The monoisotopic (exact) mass is 215 g/mol. The third kappa shape index (κ3) is 2.35. The number of nitrogens with one attached hydrogen (secondary N) is 1. The molecular formula is C15H21N. The third-order valence-electron chi connectivity index (χ3n) is 3.49. The van der Waals surface area contributed by atoms with Gasteiger partial charge in [-0.25, -0.2) is 0 Å². The van der Waals surface area contributed by atoms with Crippen molar-refractivity contribution < 1.29 is 0 Å². The van der Waals surface area contributed by atoms with Crippen LogP contribution in [0, 0.1) is 0 Å². The van der Waals surface area contributed by atoms with E-state index in [1.54, 1.807) is 11.1 Å². The average molecular weight is 215 g/mol. The van der Waals surface area contributed by atoms with Crippen LogP contribution in [0.3, 0.4) is 0 Å². The normalized spacial score (nSPS) is 17.9. The van der Waals surface area contributed by atoms with Gasteiger partial charge in [-0.2, -0.15) is 0 Å². The molecule has 0 fully saturated rings. The first-order chi connectivity index (χ1) is 7.70. The summed E-state index contributed by atoms with van der Waals surface area (Å²) in [5.74, 6) is 0. The molecule has 0 bridgehead atoms. The van der Waals surface area contributed by atoms with Gasteiger partial charge in [-0.05, 0) is 49.8 Å². The maximum absolute atomic E-state index is 3.80. The summed E-state index contributed by atoms with van der Waals surface area (Å²) in [5, 5.41) is 3.52. The van der Waals surface area contributed by atoms with E-state index in [0.29, 0.717) is 12.1 Å². The third-order valence-corrected chi connectivity index (χ3v) is 3.49. The number of hydrogen-bond donors (Lipinski definition) is 1. The average Bonchev–Trinajstić information content (AvgIpc) is 2.75. The highest BCUT2D eigenvalue weighted by Crippen LogP contribution is 2.25. The molecule has 1 aromatic carbocycles. The van der Waals surface area contributed by atoms with Crippen LogP contribution in [0.5, 0.6) is 0 Å². The molecule has 2 unspecified atom stereocenters. The molecule has 2 atom stereocenters. The Kier molecular flexibility index (Phi) is 3.45. The van der Waals surface area contributed by atoms with E-state index < -0.39 is 0 Å². The summed E-state index contributed by atoms with van der Waals surface area (Å²) in [6, 6.07) is 7.70. The van der Waals surface area contributed by atoms with E-state index in [1.807, 2.05) is 6.08 Å². The first-order valence-corrected chi connectivity index (χ1v) is 6.21. The molecule has 1 heteroatoms. The van der Waals surface area contributed by atoms with Gasteiger partial charge in [-0.15, -0.1) is 6.58 Å². The van der Waals surface area contributed by atoms with Gasteiger partial charge in [0, 0.05) is 12.1 Å². The molecule has 0 aromatic heterocycles. The molecule has 0 spiro atoms. The van der Waals surface area contributed by atoms with Gasteiger partial charge in [-0.1, -0.05) is 24.3 Å². The lowest BCUT2D eigenvalue weighted by molar-refractivity contribution is 0.537. The van der Waals surface area contributed by atoms with Crippen LogP contribution < -0.4 is 5.32 Å². The molecule has 1 aromatic rings. The van der Waals surface area contributed by atoms with Gasteiger partial charge in [0.25, 0.3) is 0 Å². The standard InChI is InChI=1S/C15H21N/c1-4-11(2)16-12(3)14-9-8-13-6-5-7-15(13)10-14/h4,8-12,16H,1,5-7H2,2-3H3. The van der Waals surface area contributed by atoms with Crippen molar-refractivity contribution in [1.82, 2.24) is 5.32 Å². The fourth-order valence-corrected chi connectivity index (χ4v) is 2.42. The van der Waals surface area contributed by atoms with E-state index in [-0.39, 0.29) is 0 Å². The zero-order chi connectivity index (χ0) is 11.5. The lowest BCUT2D eigenvalue weighted by Gasteiger charge is -2.18. The zero-order valence-corrected chi connectivity index (χ0v) is 10.3. The van der Waals surface area contributed by atoms with E-state index in [9.17, 15) is 0 Å². The predicted molar refractivity (Wildman–Crippen MR) is 69.7 cm³/mol. The number of aryl methyl sites for hydroxylation is 2. The quantitative estimate of drug-likeness (QED) is 0.759. The molecule has 0 radical (unpaired) electrons. The lowest BCUT2D eigenvalue weighted by atomic mass is 10.0. The molecule has 0 saturated carbocycles. The second-order valence-corrected chi connectivity index (χ2v) is 4.79. The van der Waals surface area contributed by atoms with Gasteiger partial charge >= 0.3 is 0 Å². The molecule has 0 heterocycles. The van der Waals surface area contributed by atoms with Gasteiger partial charge in [0.1, 0.15) is 0 Å². The molecule has 0 amide bonds. The smallest absolute Gasteiger partial charge is 0.0297 e. The van der Waals surface area contributed by atoms with Gasteiger partial charge in [0.2, 0.25) is 0 Å². The Bertz CT molecular complexity index is 381. The molecule has 0 aliphatic heterocycles. The van der Waals surface area contributed by atoms with E-state index in [0.717, 1.165) is 0 Å². The summed E-state index contributed by atoms with van der Waals surface area (Å²) >= 11 is 0. The van der Waals surface area contributed by atoms with Gasteiger partial charge in [0.05, 0.1) is 0 Å². The van der Waals surface area contributed by atoms with Gasteiger partial charge in [-0.3, -0.25) is 0 Å². The van der Waals surface area contributed by atoms with Crippen LogP contribution >= 0.6 is 0 Å². The van der Waals surface area contributed by atoms with Crippen molar-refractivity contribution in [3.05, 3.63) is 47.5 Å². The molecule has 0 saturated heterocycles. The summed E-state index contributed by atoms with van der Waals surface area (Å²) in [7, 11) is 0. The lowest BCUT2D eigenvalue weighted by Crippen LogP contribution is -2.26. The first kappa shape index (κ1) is 11.4. The Morgan fingerprint density at radius 3 is 2.75 bits per heavy atom. The molecule has 2 rings (SSSR count). The molecule has 16 heavy (non-hydrogen) atoms. The summed E-state index contributed by atoms with van der Waals surface area (Å²) in [6.07, 6.45) is 5.79. The van der Waals surface area contributed by atoms with Crippen LogP contribution in [0.4, 0.5) is 0 Å². The van der Waals surface area contributed by atoms with Crippen molar-refractivity contribution in [2.24, 2.45) is 0 Å². The largest absolute Gasteiger partial charge is 0.304 e. The van der Waals surface area contributed by atoms with E-state index in [2.05, 4.69) is 43.9 Å². The van der Waals surface area contributed by atoms with Crippen molar-refractivity contribution in [3.8, 4) is 0 Å². The summed E-state index contributed by atoms with van der Waals surface area (Å²) in [5.41, 5.74) is 4.50. The van der Waals surface area contributed by atoms with Crippen LogP contribution in [0.25, 0.3) is 0 Å². The zero-order valence-electron chi connectivity index (χ0n) is 10.3. The summed E-state index contributed by atoms with van der Waals surface area (Å²) < 4.78 is 0. The molecule has 1 N–H and O–H groups in total. The second-order valence-electron chi connectivity index (χ2n) is 4.79. The summed E-state index contributed by atoms with van der Waals surface area (Å²) in [4.78, 5) is 0. The van der Waals surface area contributed by atoms with Crippen molar-refractivity contribution in [1.29, 1.82) is 0 Å². The van der Waals surface area contributed by atoms with Crippen molar-refractivity contribution in [2.75, 3.05) is 0 Å². The van der Waals surface area contributed by atoms with Crippen LogP contribution in [0.1, 0.15) is 43.0 Å². The van der Waals surface area contributed by atoms with Crippen LogP contribution in [0.2, 0.25) is 0 Å². The minimum Gasteiger partial charge on any atom is -0.304 e. The SMILES string of the molecule is C=CC(C)NC(C)c1ccc2c(c1)CCC2. The number of rotatable bonds is 4. The Hall–Kier alpha value is -1.08. The highest BCUT2D eigenvalue weighted by molar-refractivity contribution is 5.36.